The first kappa shape index (κ1) is 19.1. The van der Waals surface area contributed by atoms with Crippen LogP contribution in [0.25, 0.3) is 10.9 Å². The number of amides is 1. The molecule has 5 rings (SSSR count). The second-order valence-electron chi connectivity index (χ2n) is 7.51. The van der Waals surface area contributed by atoms with Crippen LogP contribution in [0.1, 0.15) is 22.3 Å². The zero-order valence-corrected chi connectivity index (χ0v) is 16.7. The largest absolute Gasteiger partial charge is 0.454 e. The SMILES string of the molecule is N#Cc1cc2cc3c(cc2nc1N1CCCN(C(=O)c2cccc(F)c2)CC1)OCO3. The summed E-state index contributed by atoms with van der Waals surface area (Å²) in [4.78, 5) is 21.3. The Morgan fingerprint density at radius 3 is 2.71 bits per heavy atom. The molecule has 7 nitrogen and oxygen atoms in total. The molecule has 0 atom stereocenters. The van der Waals surface area contributed by atoms with Gasteiger partial charge in [-0.25, -0.2) is 9.37 Å². The first-order valence-corrected chi connectivity index (χ1v) is 10.1. The van der Waals surface area contributed by atoms with Crippen molar-refractivity contribution in [3.05, 3.63) is 59.4 Å². The van der Waals surface area contributed by atoms with Crippen molar-refractivity contribution in [2.45, 2.75) is 6.42 Å². The molecule has 0 aliphatic carbocycles. The molecule has 1 aromatic heterocycles. The third-order valence-corrected chi connectivity index (χ3v) is 5.56. The van der Waals surface area contributed by atoms with E-state index in [1.54, 1.807) is 17.0 Å². The number of hydrogen-bond donors (Lipinski definition) is 0. The first-order chi connectivity index (χ1) is 15.1. The van der Waals surface area contributed by atoms with Gasteiger partial charge in [-0.1, -0.05) is 6.07 Å². The fraction of sp³-hybridized carbons (Fsp3) is 0.261. The molecule has 3 aromatic rings. The number of carbonyl (C=O) groups excluding carboxylic acids is 1. The lowest BCUT2D eigenvalue weighted by Crippen LogP contribution is -2.35. The number of benzene rings is 2. The molecule has 3 heterocycles. The second-order valence-corrected chi connectivity index (χ2v) is 7.51. The van der Waals surface area contributed by atoms with Gasteiger partial charge in [-0.2, -0.15) is 5.26 Å². The maximum absolute atomic E-state index is 13.5. The van der Waals surface area contributed by atoms with Gasteiger partial charge in [0.05, 0.1) is 11.1 Å². The quantitative estimate of drug-likeness (QED) is 0.635. The highest BCUT2D eigenvalue weighted by Crippen LogP contribution is 2.37. The predicted octanol–water partition coefficient (Wildman–Crippen LogP) is 3.33. The van der Waals surface area contributed by atoms with E-state index < -0.39 is 5.82 Å². The van der Waals surface area contributed by atoms with Gasteiger partial charge in [-0.15, -0.1) is 0 Å². The fourth-order valence-corrected chi connectivity index (χ4v) is 4.01. The molecule has 1 amide bonds. The number of nitriles is 1. The van der Waals surface area contributed by atoms with Gasteiger partial charge in [0.15, 0.2) is 11.5 Å². The number of halogens is 1. The van der Waals surface area contributed by atoms with Crippen LogP contribution in [0.4, 0.5) is 10.2 Å². The van der Waals surface area contributed by atoms with Gasteiger partial charge in [0.2, 0.25) is 6.79 Å². The highest BCUT2D eigenvalue weighted by molar-refractivity contribution is 5.94. The Balaban J connectivity index is 1.41. The summed E-state index contributed by atoms with van der Waals surface area (Å²) in [6, 6.07) is 13.4. The topological polar surface area (TPSA) is 78.7 Å². The smallest absolute Gasteiger partial charge is 0.254 e. The number of carbonyl (C=O) groups is 1. The van der Waals surface area contributed by atoms with Crippen LogP contribution in [0.15, 0.2) is 42.5 Å². The molecule has 0 bridgehead atoms. The van der Waals surface area contributed by atoms with Crippen LogP contribution in [0, 0.1) is 17.1 Å². The number of pyridine rings is 1. The maximum Gasteiger partial charge on any atom is 0.254 e. The zero-order chi connectivity index (χ0) is 21.4. The molecule has 8 heteroatoms. The lowest BCUT2D eigenvalue weighted by atomic mass is 10.1. The predicted molar refractivity (Wildman–Crippen MR) is 112 cm³/mol. The molecule has 31 heavy (non-hydrogen) atoms. The van der Waals surface area contributed by atoms with Gasteiger partial charge in [0, 0.05) is 43.2 Å². The Morgan fingerprint density at radius 2 is 1.90 bits per heavy atom. The average Bonchev–Trinajstić information content (AvgIpc) is 3.09. The van der Waals surface area contributed by atoms with Crippen molar-refractivity contribution in [1.82, 2.24) is 9.88 Å². The Hall–Kier alpha value is -3.86. The zero-order valence-electron chi connectivity index (χ0n) is 16.7. The molecule has 2 aromatic carbocycles. The van der Waals surface area contributed by atoms with Crippen molar-refractivity contribution in [3.63, 3.8) is 0 Å². The molecule has 0 spiro atoms. The van der Waals surface area contributed by atoms with Crippen molar-refractivity contribution < 1.29 is 18.7 Å². The monoisotopic (exact) mass is 418 g/mol. The minimum absolute atomic E-state index is 0.172. The maximum atomic E-state index is 13.5. The number of anilines is 1. The van der Waals surface area contributed by atoms with E-state index in [1.165, 1.54) is 18.2 Å². The van der Waals surface area contributed by atoms with Crippen molar-refractivity contribution in [2.75, 3.05) is 37.9 Å². The fourth-order valence-electron chi connectivity index (χ4n) is 4.01. The molecule has 0 unspecified atom stereocenters. The normalized spacial score (nSPS) is 15.6. The van der Waals surface area contributed by atoms with E-state index in [1.807, 2.05) is 17.0 Å². The molecule has 0 saturated carbocycles. The van der Waals surface area contributed by atoms with Crippen LogP contribution in [0.5, 0.6) is 11.5 Å². The van der Waals surface area contributed by atoms with Gasteiger partial charge in [-0.3, -0.25) is 4.79 Å². The summed E-state index contributed by atoms with van der Waals surface area (Å²) in [5.74, 6) is 1.25. The summed E-state index contributed by atoms with van der Waals surface area (Å²) in [6.07, 6.45) is 0.715. The minimum Gasteiger partial charge on any atom is -0.454 e. The van der Waals surface area contributed by atoms with Crippen molar-refractivity contribution >= 4 is 22.6 Å². The molecule has 2 aliphatic rings. The van der Waals surface area contributed by atoms with Crippen molar-refractivity contribution in [1.29, 1.82) is 5.26 Å². The van der Waals surface area contributed by atoms with E-state index in [9.17, 15) is 14.4 Å². The Morgan fingerprint density at radius 1 is 1.06 bits per heavy atom. The molecular formula is C23H19FN4O3. The third kappa shape index (κ3) is 3.59. The number of ether oxygens (including phenoxy) is 2. The minimum atomic E-state index is -0.429. The van der Waals surface area contributed by atoms with Crippen LogP contribution in [-0.4, -0.2) is 48.8 Å². The van der Waals surface area contributed by atoms with Crippen molar-refractivity contribution in [3.8, 4) is 17.6 Å². The lowest BCUT2D eigenvalue weighted by Gasteiger charge is -2.24. The van der Waals surface area contributed by atoms with E-state index >= 15 is 0 Å². The first-order valence-electron chi connectivity index (χ1n) is 10.1. The molecule has 0 N–H and O–H groups in total. The number of hydrogen-bond acceptors (Lipinski definition) is 6. The van der Waals surface area contributed by atoms with Crippen LogP contribution in [-0.2, 0) is 0 Å². The number of nitrogens with zero attached hydrogens (tertiary/aromatic N) is 4. The molecule has 0 radical (unpaired) electrons. The summed E-state index contributed by atoms with van der Waals surface area (Å²) < 4.78 is 24.4. The highest BCUT2D eigenvalue weighted by Gasteiger charge is 2.24. The summed E-state index contributed by atoms with van der Waals surface area (Å²) in [5.41, 5.74) is 1.53. The van der Waals surface area contributed by atoms with Crippen LogP contribution in [0.3, 0.4) is 0 Å². The average molecular weight is 418 g/mol. The molecule has 156 valence electrons. The molecular weight excluding hydrogens is 399 g/mol. The van der Waals surface area contributed by atoms with Gasteiger partial charge in [-0.05, 0) is 36.8 Å². The third-order valence-electron chi connectivity index (χ3n) is 5.56. The summed E-state index contributed by atoms with van der Waals surface area (Å²) in [6.45, 7) is 2.37. The Bertz CT molecular complexity index is 1220. The van der Waals surface area contributed by atoms with Crippen LogP contribution in [0.2, 0.25) is 0 Å². The van der Waals surface area contributed by atoms with Crippen molar-refractivity contribution in [2.24, 2.45) is 0 Å². The van der Waals surface area contributed by atoms with E-state index in [0.717, 1.165) is 10.9 Å². The standard InChI is InChI=1S/C23H19FN4O3/c24-18-4-1-3-15(10-18)23(29)28-6-2-5-27(7-8-28)22-17(13-25)9-16-11-20-21(31-14-30-20)12-19(16)26-22/h1,3-4,9-12H,2,5-8,14H2. The lowest BCUT2D eigenvalue weighted by molar-refractivity contribution is 0.0766. The van der Waals surface area contributed by atoms with E-state index in [4.69, 9.17) is 14.5 Å². The van der Waals surface area contributed by atoms with Gasteiger partial charge in [0.25, 0.3) is 5.91 Å². The second kappa shape index (κ2) is 7.76. The van der Waals surface area contributed by atoms with Gasteiger partial charge >= 0.3 is 0 Å². The Labute approximate surface area is 178 Å². The summed E-state index contributed by atoms with van der Waals surface area (Å²) >= 11 is 0. The number of aromatic nitrogens is 1. The number of fused-ring (bicyclic) bond motifs is 2. The molecule has 2 aliphatic heterocycles. The summed E-state index contributed by atoms with van der Waals surface area (Å²) in [7, 11) is 0. The van der Waals surface area contributed by atoms with E-state index in [0.29, 0.717) is 61.0 Å². The number of rotatable bonds is 2. The van der Waals surface area contributed by atoms with Gasteiger partial charge in [0.1, 0.15) is 17.7 Å². The van der Waals surface area contributed by atoms with Crippen LogP contribution >= 0.6 is 0 Å². The van der Waals surface area contributed by atoms with Crippen LogP contribution < -0.4 is 14.4 Å². The summed E-state index contributed by atoms with van der Waals surface area (Å²) in [5, 5.41) is 10.5. The van der Waals surface area contributed by atoms with E-state index in [-0.39, 0.29) is 12.7 Å². The molecule has 1 fully saturated rings. The Kier molecular flexibility index (Phi) is 4.79. The highest BCUT2D eigenvalue weighted by atomic mass is 19.1. The van der Waals surface area contributed by atoms with Gasteiger partial charge < -0.3 is 19.3 Å². The molecule has 1 saturated heterocycles. The van der Waals surface area contributed by atoms with E-state index in [2.05, 4.69) is 6.07 Å².